The molecule has 0 amide bonds. The Morgan fingerprint density at radius 3 is 3.50 bits per heavy atom. The second kappa shape index (κ2) is 2.14. The molecule has 0 unspecified atom stereocenters. The quantitative estimate of drug-likeness (QED) is 0.526. The fourth-order valence-electron chi connectivity index (χ4n) is 1.04. The van der Waals surface area contributed by atoms with E-state index in [0.717, 1.165) is 11.8 Å². The fourth-order valence-corrected chi connectivity index (χ4v) is 1.04. The number of nitrogens with one attached hydrogen (secondary N) is 1. The number of aromatic nitrogens is 2. The number of nitrogens with zero attached hydrogens (tertiary/aromatic N) is 1. The maximum absolute atomic E-state index is 3.92. The molecule has 2 nitrogen and oxygen atoms in total. The summed E-state index contributed by atoms with van der Waals surface area (Å²) in [6, 6.07) is 0. The molecule has 0 saturated carbocycles. The van der Waals surface area contributed by atoms with Crippen LogP contribution in [0.2, 0.25) is 0 Å². The summed E-state index contributed by atoms with van der Waals surface area (Å²) in [5, 5.41) is 9.14. The van der Waals surface area contributed by atoms with Crippen LogP contribution in [0.5, 0.6) is 0 Å². The van der Waals surface area contributed by atoms with Gasteiger partial charge in [-0.15, -0.1) is 0 Å². The highest BCUT2D eigenvalue weighted by Crippen LogP contribution is 1.86. The van der Waals surface area contributed by atoms with Gasteiger partial charge in [-0.05, 0) is 12.5 Å². The molecule has 2 heteroatoms. The first-order valence-corrected chi connectivity index (χ1v) is 3.33. The molecular weight excluding hydrogens is 124 g/mol. The number of hydrogen-bond acceptors (Lipinski definition) is 1. The van der Waals surface area contributed by atoms with Crippen molar-refractivity contribution in [2.75, 3.05) is 0 Å². The maximum atomic E-state index is 3.92. The van der Waals surface area contributed by atoms with Crippen LogP contribution >= 0.6 is 0 Å². The first-order chi connectivity index (χ1) is 4.97. The largest absolute Gasteiger partial charge is 0.278 e. The van der Waals surface area contributed by atoms with Crippen molar-refractivity contribution in [1.82, 2.24) is 10.2 Å². The van der Waals surface area contributed by atoms with Gasteiger partial charge in [0.2, 0.25) is 0 Å². The average molecular weight is 132 g/mol. The standard InChI is InChI=1S/C8H8N2/c1-2-4-7-6-9-10-8(7)5-3-1/h1,3-6,10H,2H2. The van der Waals surface area contributed by atoms with Gasteiger partial charge in [-0.1, -0.05) is 18.2 Å². The molecule has 0 saturated heterocycles. The van der Waals surface area contributed by atoms with Crippen molar-refractivity contribution < 1.29 is 0 Å². The van der Waals surface area contributed by atoms with Crippen LogP contribution in [0.3, 0.4) is 0 Å². The first kappa shape index (κ1) is 5.47. The van der Waals surface area contributed by atoms with E-state index in [1.54, 1.807) is 0 Å². The Hall–Kier alpha value is -1.31. The van der Waals surface area contributed by atoms with E-state index in [9.17, 15) is 0 Å². The van der Waals surface area contributed by atoms with E-state index < -0.39 is 0 Å². The Morgan fingerprint density at radius 1 is 1.50 bits per heavy atom. The monoisotopic (exact) mass is 132 g/mol. The molecule has 10 heavy (non-hydrogen) atoms. The van der Waals surface area contributed by atoms with Crippen LogP contribution < -0.4 is 10.6 Å². The molecule has 1 heterocycles. The smallest absolute Gasteiger partial charge is 0.0647 e. The highest BCUT2D eigenvalue weighted by Gasteiger charge is 1.86. The molecule has 0 fully saturated rings. The molecular formula is C8H8N2. The van der Waals surface area contributed by atoms with Gasteiger partial charge >= 0.3 is 0 Å². The lowest BCUT2D eigenvalue weighted by Gasteiger charge is -1.72. The van der Waals surface area contributed by atoms with E-state index in [-0.39, 0.29) is 0 Å². The van der Waals surface area contributed by atoms with Gasteiger partial charge in [0, 0.05) is 5.22 Å². The molecule has 50 valence electrons. The van der Waals surface area contributed by atoms with Crippen LogP contribution in [-0.2, 0) is 0 Å². The van der Waals surface area contributed by atoms with E-state index in [0.29, 0.717) is 0 Å². The summed E-state index contributed by atoms with van der Waals surface area (Å²) < 4.78 is 0. The third-order valence-electron chi connectivity index (χ3n) is 1.57. The summed E-state index contributed by atoms with van der Waals surface area (Å²) in [4.78, 5) is 0. The van der Waals surface area contributed by atoms with Gasteiger partial charge in [0.1, 0.15) is 0 Å². The number of fused-ring (bicyclic) bond motifs is 1. The lowest BCUT2D eigenvalue weighted by atomic mass is 10.3. The van der Waals surface area contributed by atoms with Crippen molar-refractivity contribution in [1.29, 1.82) is 0 Å². The van der Waals surface area contributed by atoms with Crippen molar-refractivity contribution in [3.8, 4) is 0 Å². The third kappa shape index (κ3) is 0.778. The normalized spacial score (nSPS) is 14.8. The van der Waals surface area contributed by atoms with Crippen LogP contribution in [0.4, 0.5) is 0 Å². The number of hydrogen-bond donors (Lipinski definition) is 1. The Bertz CT molecular complexity index is 357. The molecule has 1 aromatic heterocycles. The van der Waals surface area contributed by atoms with E-state index >= 15 is 0 Å². The first-order valence-electron chi connectivity index (χ1n) is 3.33. The Balaban J connectivity index is 2.82. The van der Waals surface area contributed by atoms with Crippen LogP contribution in [-0.4, -0.2) is 10.2 Å². The van der Waals surface area contributed by atoms with Crippen molar-refractivity contribution in [3.63, 3.8) is 0 Å². The predicted molar refractivity (Wildman–Crippen MR) is 40.5 cm³/mol. The summed E-state index contributed by atoms with van der Waals surface area (Å²) in [7, 11) is 0. The summed E-state index contributed by atoms with van der Waals surface area (Å²) in [5.41, 5.74) is 0. The van der Waals surface area contributed by atoms with Gasteiger partial charge in [-0.3, -0.25) is 5.10 Å². The molecule has 0 aliphatic heterocycles. The Morgan fingerprint density at radius 2 is 2.50 bits per heavy atom. The van der Waals surface area contributed by atoms with Crippen molar-refractivity contribution in [2.45, 2.75) is 6.42 Å². The minimum absolute atomic E-state index is 1.00. The van der Waals surface area contributed by atoms with E-state index in [1.165, 1.54) is 5.22 Å². The van der Waals surface area contributed by atoms with Gasteiger partial charge in [0.05, 0.1) is 11.5 Å². The number of H-pyrrole nitrogens is 1. The zero-order chi connectivity index (χ0) is 6.81. The van der Waals surface area contributed by atoms with E-state index in [1.807, 2.05) is 18.3 Å². The maximum Gasteiger partial charge on any atom is 0.0647 e. The topological polar surface area (TPSA) is 28.7 Å². The second-order valence-electron chi connectivity index (χ2n) is 2.27. The molecule has 0 atom stereocenters. The van der Waals surface area contributed by atoms with Gasteiger partial charge in [-0.2, -0.15) is 5.10 Å². The van der Waals surface area contributed by atoms with Crippen LogP contribution in [0.15, 0.2) is 18.3 Å². The lowest BCUT2D eigenvalue weighted by Crippen LogP contribution is -2.20. The van der Waals surface area contributed by atoms with Crippen LogP contribution in [0.1, 0.15) is 6.42 Å². The fraction of sp³-hybridized carbons (Fsp3) is 0.125. The highest BCUT2D eigenvalue weighted by atomic mass is 15.1. The third-order valence-corrected chi connectivity index (χ3v) is 1.57. The van der Waals surface area contributed by atoms with Gasteiger partial charge in [0.25, 0.3) is 0 Å². The lowest BCUT2D eigenvalue weighted by molar-refractivity contribution is 1.06. The highest BCUT2D eigenvalue weighted by molar-refractivity contribution is 5.41. The molecule has 0 bridgehead atoms. The summed E-state index contributed by atoms with van der Waals surface area (Å²) in [5.74, 6) is 0. The molecule has 0 aromatic carbocycles. The molecule has 1 N–H and O–H groups in total. The summed E-state index contributed by atoms with van der Waals surface area (Å²) >= 11 is 0. The number of aromatic amines is 1. The summed E-state index contributed by atoms with van der Waals surface area (Å²) in [6.07, 6.45) is 11.2. The summed E-state index contributed by atoms with van der Waals surface area (Å²) in [6.45, 7) is 0. The zero-order valence-corrected chi connectivity index (χ0v) is 5.54. The minimum atomic E-state index is 1.00. The number of allylic oxidation sites excluding steroid dienone is 2. The van der Waals surface area contributed by atoms with Gasteiger partial charge in [-0.25, -0.2) is 0 Å². The van der Waals surface area contributed by atoms with Crippen molar-refractivity contribution >= 4 is 12.2 Å². The molecule has 1 aromatic rings. The number of rotatable bonds is 0. The molecule has 2 rings (SSSR count). The van der Waals surface area contributed by atoms with Gasteiger partial charge in [0.15, 0.2) is 0 Å². The molecule has 0 spiro atoms. The predicted octanol–water partition coefficient (Wildman–Crippen LogP) is -0.0694. The Kier molecular flexibility index (Phi) is 1.17. The zero-order valence-electron chi connectivity index (χ0n) is 5.54. The molecule has 1 aliphatic rings. The Labute approximate surface area is 58.6 Å². The van der Waals surface area contributed by atoms with E-state index in [2.05, 4.69) is 22.3 Å². The van der Waals surface area contributed by atoms with Crippen LogP contribution in [0.25, 0.3) is 12.2 Å². The van der Waals surface area contributed by atoms with Crippen molar-refractivity contribution in [3.05, 3.63) is 28.9 Å². The second-order valence-corrected chi connectivity index (χ2v) is 2.27. The molecule has 1 aliphatic carbocycles. The molecule has 0 radical (unpaired) electrons. The minimum Gasteiger partial charge on any atom is -0.278 e. The average Bonchev–Trinajstić information content (AvgIpc) is 2.28. The van der Waals surface area contributed by atoms with Crippen molar-refractivity contribution in [2.24, 2.45) is 0 Å². The van der Waals surface area contributed by atoms with E-state index in [4.69, 9.17) is 0 Å². The van der Waals surface area contributed by atoms with Crippen LogP contribution in [0, 0.1) is 0 Å². The SMILES string of the molecule is C1=CCC=c2cn[nH]c2=C1. The van der Waals surface area contributed by atoms with Gasteiger partial charge < -0.3 is 0 Å².